The van der Waals surface area contributed by atoms with Crippen LogP contribution in [0.4, 0.5) is 0 Å². The van der Waals surface area contributed by atoms with Gasteiger partial charge in [-0.15, -0.1) is 0 Å². The fourth-order valence-electron chi connectivity index (χ4n) is 3.77. The second kappa shape index (κ2) is 20.7. The molecule has 42 heavy (non-hydrogen) atoms. The highest BCUT2D eigenvalue weighted by molar-refractivity contribution is 6.16. The molecular formula is C27H38N2O13. The minimum absolute atomic E-state index is 0.00884. The highest BCUT2D eigenvalue weighted by Gasteiger charge is 2.42. The summed E-state index contributed by atoms with van der Waals surface area (Å²) in [5.74, 6) is -3.96. The summed E-state index contributed by atoms with van der Waals surface area (Å²) in [5.41, 5.74) is 0.721. The summed E-state index contributed by atoms with van der Waals surface area (Å²) in [7, 11) is 3.19. The zero-order valence-electron chi connectivity index (χ0n) is 24.1. The molecule has 234 valence electrons. The highest BCUT2D eigenvalue weighted by atomic mass is 16.5. The van der Waals surface area contributed by atoms with Gasteiger partial charge in [0.25, 0.3) is 5.97 Å². The lowest BCUT2D eigenvalue weighted by atomic mass is 9.83. The van der Waals surface area contributed by atoms with Crippen LogP contribution in [0.15, 0.2) is 11.6 Å². The zero-order chi connectivity index (χ0) is 32.2. The first-order chi connectivity index (χ1) is 19.7. The van der Waals surface area contributed by atoms with Crippen LogP contribution in [0.2, 0.25) is 0 Å². The Morgan fingerprint density at radius 2 is 1.45 bits per heavy atom. The van der Waals surface area contributed by atoms with Crippen LogP contribution in [0.3, 0.4) is 0 Å². The van der Waals surface area contributed by atoms with Crippen molar-refractivity contribution >= 4 is 52.9 Å². The third-order valence-electron chi connectivity index (χ3n) is 5.33. The summed E-state index contributed by atoms with van der Waals surface area (Å²) in [6, 6.07) is 0. The van der Waals surface area contributed by atoms with Crippen LogP contribution in [-0.2, 0) is 57.4 Å². The molecular weight excluding hydrogens is 560 g/mol. The molecule has 0 saturated carbocycles. The number of carboxylic acid groups (broad SMARTS) is 1. The van der Waals surface area contributed by atoms with Crippen LogP contribution >= 0.6 is 0 Å². The molecule has 3 aliphatic rings. The van der Waals surface area contributed by atoms with E-state index < -0.39 is 41.7 Å². The van der Waals surface area contributed by atoms with Crippen LogP contribution in [0.1, 0.15) is 65.2 Å². The molecule has 2 atom stereocenters. The first-order valence-electron chi connectivity index (χ1n) is 13.0. The van der Waals surface area contributed by atoms with Gasteiger partial charge in [-0.05, 0) is 31.8 Å². The summed E-state index contributed by atoms with van der Waals surface area (Å²) in [6.07, 6.45) is 3.00. The number of piperidine rings is 2. The van der Waals surface area contributed by atoms with E-state index in [9.17, 15) is 38.4 Å². The number of aliphatic carboxylic acids is 1. The number of hydrogen-bond acceptors (Lipinski definition) is 12. The van der Waals surface area contributed by atoms with Gasteiger partial charge in [0.05, 0.1) is 31.6 Å². The quantitative estimate of drug-likeness (QED) is 0.130. The number of carbonyl (C=O) groups excluding carboxylic acids is 8. The number of rotatable bonds is 10. The van der Waals surface area contributed by atoms with Gasteiger partial charge in [0.2, 0.25) is 23.6 Å². The fourth-order valence-corrected chi connectivity index (χ4v) is 3.77. The Hall–Kier alpha value is -4.11. The average Bonchev–Trinajstić information content (AvgIpc) is 2.83. The predicted molar refractivity (Wildman–Crippen MR) is 142 cm³/mol. The molecule has 4 amide bonds. The Labute approximate surface area is 242 Å². The van der Waals surface area contributed by atoms with Crippen LogP contribution in [0, 0.1) is 5.92 Å². The van der Waals surface area contributed by atoms with E-state index in [0.717, 1.165) is 18.9 Å². The molecule has 0 bridgehead atoms. The minimum atomic E-state index is -0.833. The van der Waals surface area contributed by atoms with E-state index in [2.05, 4.69) is 5.32 Å². The standard InChI is InChI=1S/C12H15NO5.C8H14O3.C5H5NO3.C2H4O2/c1-17-4-2-3-7-5-10(15)18-8-6-9(14)13-12(16)11(7)8;1-7(9)6-8(10)4-3-5-11-2;7-3-1-4(8)6-5(9)2-3;1-2(3)4/h5,8,11H,2-4,6H2,1H3,(H,13,14,16);3-6H2,1-2H3;1-2H2,(H,6,8,9);1H3,(H,3,4). The summed E-state index contributed by atoms with van der Waals surface area (Å²) >= 11 is 0. The van der Waals surface area contributed by atoms with Crippen molar-refractivity contribution in [3.63, 3.8) is 0 Å². The molecule has 0 aliphatic carbocycles. The Balaban J connectivity index is 0.000000601. The number of amides is 4. The number of carboxylic acids is 1. The first kappa shape index (κ1) is 37.9. The summed E-state index contributed by atoms with van der Waals surface area (Å²) in [5, 5.41) is 11.7. The van der Waals surface area contributed by atoms with E-state index in [1.54, 1.807) is 14.2 Å². The van der Waals surface area contributed by atoms with Crippen molar-refractivity contribution < 1.29 is 62.5 Å². The number of esters is 1. The smallest absolute Gasteiger partial charge is 0.331 e. The number of imide groups is 2. The van der Waals surface area contributed by atoms with Gasteiger partial charge >= 0.3 is 5.97 Å². The van der Waals surface area contributed by atoms with Gasteiger partial charge in [0.1, 0.15) is 17.7 Å². The molecule has 2 fully saturated rings. The van der Waals surface area contributed by atoms with Crippen LogP contribution in [0.25, 0.3) is 0 Å². The van der Waals surface area contributed by atoms with Crippen molar-refractivity contribution in [2.75, 3.05) is 27.4 Å². The predicted octanol–water partition coefficient (Wildman–Crippen LogP) is -0.0283. The molecule has 0 spiro atoms. The molecule has 3 aliphatic heterocycles. The van der Waals surface area contributed by atoms with E-state index in [4.69, 9.17) is 24.1 Å². The molecule has 15 heteroatoms. The van der Waals surface area contributed by atoms with Crippen molar-refractivity contribution in [3.05, 3.63) is 11.6 Å². The van der Waals surface area contributed by atoms with Gasteiger partial charge in [0, 0.05) is 46.9 Å². The lowest BCUT2D eigenvalue weighted by Crippen LogP contribution is -2.52. The van der Waals surface area contributed by atoms with E-state index in [0.29, 0.717) is 32.5 Å². The lowest BCUT2D eigenvalue weighted by Gasteiger charge is -2.34. The highest BCUT2D eigenvalue weighted by Crippen LogP contribution is 2.31. The zero-order valence-corrected chi connectivity index (χ0v) is 24.1. The molecule has 0 aromatic rings. The Morgan fingerprint density at radius 3 is 1.95 bits per heavy atom. The van der Waals surface area contributed by atoms with E-state index in [1.165, 1.54) is 13.0 Å². The lowest BCUT2D eigenvalue weighted by molar-refractivity contribution is -0.156. The van der Waals surface area contributed by atoms with Crippen molar-refractivity contribution in [2.24, 2.45) is 5.92 Å². The topological polar surface area (TPSA) is 226 Å². The Bertz CT molecular complexity index is 1010. The van der Waals surface area contributed by atoms with Gasteiger partial charge in [-0.1, -0.05) is 0 Å². The normalized spacial score (nSPS) is 19.0. The van der Waals surface area contributed by atoms with Crippen LogP contribution in [-0.4, -0.2) is 91.6 Å². The third-order valence-corrected chi connectivity index (χ3v) is 5.33. The molecule has 0 aromatic heterocycles. The molecule has 3 heterocycles. The largest absolute Gasteiger partial charge is 0.481 e. The maximum absolute atomic E-state index is 11.8. The molecule has 15 nitrogen and oxygen atoms in total. The van der Waals surface area contributed by atoms with Gasteiger partial charge < -0.3 is 19.3 Å². The van der Waals surface area contributed by atoms with Crippen molar-refractivity contribution in [1.82, 2.24) is 10.6 Å². The van der Waals surface area contributed by atoms with Crippen molar-refractivity contribution in [1.29, 1.82) is 0 Å². The summed E-state index contributed by atoms with van der Waals surface area (Å²) in [6.45, 7) is 3.65. The number of Topliss-reactive ketones (excluding diaryl/α,β-unsaturated/α-hetero) is 3. The molecule has 0 aromatic carbocycles. The summed E-state index contributed by atoms with van der Waals surface area (Å²) < 4.78 is 14.7. The van der Waals surface area contributed by atoms with Gasteiger partial charge in [-0.25, -0.2) is 4.79 Å². The maximum atomic E-state index is 11.8. The van der Waals surface area contributed by atoms with Gasteiger partial charge in [-0.3, -0.25) is 49.0 Å². The molecule has 3 rings (SSSR count). The number of nitrogens with one attached hydrogen (secondary N) is 2. The van der Waals surface area contributed by atoms with Gasteiger partial charge in [0.15, 0.2) is 5.78 Å². The fraction of sp³-hybridized carbons (Fsp3) is 0.593. The van der Waals surface area contributed by atoms with Gasteiger partial charge in [-0.2, -0.15) is 0 Å². The van der Waals surface area contributed by atoms with E-state index in [-0.39, 0.29) is 48.9 Å². The van der Waals surface area contributed by atoms with Crippen molar-refractivity contribution in [3.8, 4) is 0 Å². The van der Waals surface area contributed by atoms with E-state index in [1.807, 2.05) is 5.32 Å². The molecule has 2 unspecified atom stereocenters. The second-order valence-corrected chi connectivity index (χ2v) is 9.28. The maximum Gasteiger partial charge on any atom is 0.331 e. The second-order valence-electron chi connectivity index (χ2n) is 9.28. The number of ether oxygens (including phenoxy) is 3. The monoisotopic (exact) mass is 598 g/mol. The average molecular weight is 599 g/mol. The first-order valence-corrected chi connectivity index (χ1v) is 13.0. The molecule has 3 N–H and O–H groups in total. The molecule has 0 radical (unpaired) electrons. The number of ketones is 3. The van der Waals surface area contributed by atoms with Crippen LogP contribution in [0.5, 0.6) is 0 Å². The number of methoxy groups -OCH3 is 2. The Kier molecular flexibility index (Phi) is 18.7. The van der Waals surface area contributed by atoms with E-state index >= 15 is 0 Å². The third kappa shape index (κ3) is 17.6. The summed E-state index contributed by atoms with van der Waals surface area (Å²) in [4.78, 5) is 95.8. The SMILES string of the molecule is CC(=O)O.COCCCC(=O)CC(C)=O.COCCCC1=CC(=O)OC2CC(=O)NC(=O)C12.O=C1CC(=O)NC(=O)C1. The molecule has 2 saturated heterocycles. The number of fused-ring (bicyclic) bond motifs is 1. The van der Waals surface area contributed by atoms with Crippen molar-refractivity contribution in [2.45, 2.75) is 71.3 Å². The Morgan fingerprint density at radius 1 is 0.905 bits per heavy atom. The number of hydrogen-bond donors (Lipinski definition) is 3. The number of carbonyl (C=O) groups is 9. The van der Waals surface area contributed by atoms with Crippen LogP contribution < -0.4 is 10.6 Å². The minimum Gasteiger partial charge on any atom is -0.481 e.